The number of aromatic nitrogens is 2. The molecule has 0 saturated heterocycles. The Hall–Kier alpha value is -1.39. The van der Waals surface area contributed by atoms with Gasteiger partial charge >= 0.3 is 0 Å². The molecule has 0 aliphatic heterocycles. The maximum absolute atomic E-state index is 12.7. The number of hydrogen-bond acceptors (Lipinski definition) is 4. The number of nitrogens with two attached hydrogens (primary N) is 1. The van der Waals surface area contributed by atoms with Crippen LogP contribution in [0.1, 0.15) is 19.8 Å². The predicted molar refractivity (Wildman–Crippen MR) is 52.2 cm³/mol. The van der Waals surface area contributed by atoms with Gasteiger partial charge in [-0.1, -0.05) is 0 Å². The standard InChI is InChI=1S/C9H13FN4/c1-5(6-2-3-6)13-9-12-4-7(10)8(11)14-9/h4-6H,2-3H2,1H3,(H3,11,12,13,14). The number of hydrogen-bond donors (Lipinski definition) is 2. The minimum atomic E-state index is -0.574. The first-order valence-electron chi connectivity index (χ1n) is 4.71. The number of nitrogens with one attached hydrogen (secondary N) is 1. The lowest BCUT2D eigenvalue weighted by Crippen LogP contribution is -2.19. The van der Waals surface area contributed by atoms with Gasteiger partial charge in [-0.05, 0) is 25.7 Å². The number of rotatable bonds is 3. The van der Waals surface area contributed by atoms with Crippen molar-refractivity contribution in [2.75, 3.05) is 11.1 Å². The Morgan fingerprint density at radius 2 is 2.36 bits per heavy atom. The van der Waals surface area contributed by atoms with Crippen LogP contribution < -0.4 is 11.1 Å². The van der Waals surface area contributed by atoms with Crippen LogP contribution in [0.25, 0.3) is 0 Å². The van der Waals surface area contributed by atoms with E-state index in [1.165, 1.54) is 12.8 Å². The van der Waals surface area contributed by atoms with E-state index < -0.39 is 5.82 Å². The second kappa shape index (κ2) is 3.40. The molecule has 1 heterocycles. The zero-order chi connectivity index (χ0) is 10.1. The van der Waals surface area contributed by atoms with Crippen molar-refractivity contribution < 1.29 is 4.39 Å². The molecule has 0 spiro atoms. The Morgan fingerprint density at radius 1 is 1.64 bits per heavy atom. The Balaban J connectivity index is 2.04. The fraction of sp³-hybridized carbons (Fsp3) is 0.556. The van der Waals surface area contributed by atoms with Gasteiger partial charge in [0.15, 0.2) is 11.6 Å². The second-order valence-corrected chi connectivity index (χ2v) is 3.70. The van der Waals surface area contributed by atoms with E-state index in [1.807, 2.05) is 0 Å². The maximum Gasteiger partial charge on any atom is 0.225 e. The van der Waals surface area contributed by atoms with Crippen molar-refractivity contribution in [2.45, 2.75) is 25.8 Å². The first kappa shape index (κ1) is 9.18. The van der Waals surface area contributed by atoms with Crippen LogP contribution in [0, 0.1) is 11.7 Å². The van der Waals surface area contributed by atoms with Gasteiger partial charge in [-0.25, -0.2) is 9.37 Å². The molecule has 1 aliphatic carbocycles. The van der Waals surface area contributed by atoms with Crippen LogP contribution in [0.5, 0.6) is 0 Å². The topological polar surface area (TPSA) is 63.8 Å². The summed E-state index contributed by atoms with van der Waals surface area (Å²) in [5, 5.41) is 3.10. The van der Waals surface area contributed by atoms with Crippen molar-refractivity contribution in [3.8, 4) is 0 Å². The fourth-order valence-electron chi connectivity index (χ4n) is 1.37. The average molecular weight is 196 g/mol. The minimum absolute atomic E-state index is 0.106. The molecule has 0 amide bonds. The maximum atomic E-state index is 12.7. The molecule has 1 fully saturated rings. The molecule has 1 unspecified atom stereocenters. The molecule has 5 heteroatoms. The van der Waals surface area contributed by atoms with Crippen molar-refractivity contribution in [3.63, 3.8) is 0 Å². The van der Waals surface area contributed by atoms with Gasteiger partial charge in [-0.2, -0.15) is 4.98 Å². The molecule has 1 saturated carbocycles. The van der Waals surface area contributed by atoms with E-state index in [2.05, 4.69) is 22.2 Å². The third-order valence-corrected chi connectivity index (χ3v) is 2.46. The van der Waals surface area contributed by atoms with Crippen LogP contribution in [0.3, 0.4) is 0 Å². The number of halogens is 1. The number of nitrogens with zero attached hydrogens (tertiary/aromatic N) is 2. The lowest BCUT2D eigenvalue weighted by Gasteiger charge is -2.12. The van der Waals surface area contributed by atoms with Crippen molar-refractivity contribution in [1.29, 1.82) is 0 Å². The fourth-order valence-corrected chi connectivity index (χ4v) is 1.37. The van der Waals surface area contributed by atoms with Gasteiger partial charge in [-0.15, -0.1) is 0 Å². The lowest BCUT2D eigenvalue weighted by atomic mass is 10.2. The van der Waals surface area contributed by atoms with Crippen LogP contribution in [0.15, 0.2) is 6.20 Å². The molecule has 4 nitrogen and oxygen atoms in total. The average Bonchev–Trinajstić information content (AvgIpc) is 2.94. The van der Waals surface area contributed by atoms with Crippen molar-refractivity contribution in [3.05, 3.63) is 12.0 Å². The first-order valence-corrected chi connectivity index (χ1v) is 4.71. The van der Waals surface area contributed by atoms with Crippen LogP contribution >= 0.6 is 0 Å². The largest absolute Gasteiger partial charge is 0.381 e. The van der Waals surface area contributed by atoms with Gasteiger partial charge in [0.25, 0.3) is 0 Å². The summed E-state index contributed by atoms with van der Waals surface area (Å²) in [4.78, 5) is 7.62. The van der Waals surface area contributed by atoms with Crippen molar-refractivity contribution in [2.24, 2.45) is 5.92 Å². The molecule has 76 valence electrons. The van der Waals surface area contributed by atoms with E-state index in [0.717, 1.165) is 6.20 Å². The minimum Gasteiger partial charge on any atom is -0.381 e. The van der Waals surface area contributed by atoms with Crippen LogP contribution in [0.4, 0.5) is 16.2 Å². The third kappa shape index (κ3) is 1.92. The van der Waals surface area contributed by atoms with E-state index in [9.17, 15) is 4.39 Å². The summed E-state index contributed by atoms with van der Waals surface area (Å²) >= 11 is 0. The molecule has 1 aromatic heterocycles. The Kier molecular flexibility index (Phi) is 2.23. The van der Waals surface area contributed by atoms with E-state index in [0.29, 0.717) is 17.9 Å². The van der Waals surface area contributed by atoms with Gasteiger partial charge in [0.05, 0.1) is 6.20 Å². The lowest BCUT2D eigenvalue weighted by molar-refractivity contribution is 0.617. The molecule has 0 bridgehead atoms. The SMILES string of the molecule is CC(Nc1ncc(F)c(N)n1)C1CC1. The summed E-state index contributed by atoms with van der Waals surface area (Å²) in [6.45, 7) is 2.07. The molecule has 2 rings (SSSR count). The van der Waals surface area contributed by atoms with Gasteiger partial charge < -0.3 is 11.1 Å². The van der Waals surface area contributed by atoms with Crippen molar-refractivity contribution >= 4 is 11.8 Å². The number of nitrogen functional groups attached to an aromatic ring is 1. The smallest absolute Gasteiger partial charge is 0.225 e. The van der Waals surface area contributed by atoms with Crippen LogP contribution in [-0.2, 0) is 0 Å². The Bertz CT molecular complexity index is 338. The van der Waals surface area contributed by atoms with Crippen LogP contribution in [-0.4, -0.2) is 16.0 Å². The first-order chi connectivity index (χ1) is 6.66. The molecular formula is C9H13FN4. The second-order valence-electron chi connectivity index (χ2n) is 3.70. The zero-order valence-corrected chi connectivity index (χ0v) is 8.00. The van der Waals surface area contributed by atoms with Gasteiger partial charge in [0, 0.05) is 6.04 Å². The highest BCUT2D eigenvalue weighted by Crippen LogP contribution is 2.33. The van der Waals surface area contributed by atoms with Gasteiger partial charge in [0.1, 0.15) is 0 Å². The molecule has 1 aliphatic rings. The summed E-state index contributed by atoms with van der Waals surface area (Å²) in [5.41, 5.74) is 5.32. The van der Waals surface area contributed by atoms with E-state index in [4.69, 9.17) is 5.73 Å². The predicted octanol–water partition coefficient (Wildman–Crippen LogP) is 1.41. The molecule has 0 radical (unpaired) electrons. The summed E-state index contributed by atoms with van der Waals surface area (Å²) in [6.07, 6.45) is 3.57. The van der Waals surface area contributed by atoms with Crippen molar-refractivity contribution in [1.82, 2.24) is 9.97 Å². The highest BCUT2D eigenvalue weighted by atomic mass is 19.1. The summed E-state index contributed by atoms with van der Waals surface area (Å²) < 4.78 is 12.7. The summed E-state index contributed by atoms with van der Waals surface area (Å²) in [6, 6.07) is 0.333. The van der Waals surface area contributed by atoms with Gasteiger partial charge in [0.2, 0.25) is 5.95 Å². The van der Waals surface area contributed by atoms with Gasteiger partial charge in [-0.3, -0.25) is 0 Å². The molecule has 1 aromatic rings. The normalized spacial score (nSPS) is 17.9. The molecule has 14 heavy (non-hydrogen) atoms. The molecule has 0 aromatic carbocycles. The van der Waals surface area contributed by atoms with E-state index in [-0.39, 0.29) is 5.82 Å². The highest BCUT2D eigenvalue weighted by molar-refractivity contribution is 5.37. The monoisotopic (exact) mass is 196 g/mol. The summed E-state index contributed by atoms with van der Waals surface area (Å²) in [5.74, 6) is 0.424. The molecular weight excluding hydrogens is 183 g/mol. The molecule has 1 atom stereocenters. The zero-order valence-electron chi connectivity index (χ0n) is 8.00. The van der Waals surface area contributed by atoms with Crippen LogP contribution in [0.2, 0.25) is 0 Å². The highest BCUT2D eigenvalue weighted by Gasteiger charge is 2.28. The van der Waals surface area contributed by atoms with E-state index >= 15 is 0 Å². The Morgan fingerprint density at radius 3 is 2.93 bits per heavy atom. The molecule has 3 N–H and O–H groups in total. The Labute approximate surface area is 81.7 Å². The number of anilines is 2. The summed E-state index contributed by atoms with van der Waals surface area (Å²) in [7, 11) is 0. The van der Waals surface area contributed by atoms with E-state index in [1.54, 1.807) is 0 Å². The quantitative estimate of drug-likeness (QED) is 0.767. The third-order valence-electron chi connectivity index (χ3n) is 2.46.